The van der Waals surface area contributed by atoms with E-state index >= 15 is 0 Å². The molecule has 66 valence electrons. The highest BCUT2D eigenvalue weighted by Gasteiger charge is 2.06. The molecule has 0 aliphatic carbocycles. The SMILES string of the molecule is CCC(C)OC(C)COC=O. The first-order valence-electron chi connectivity index (χ1n) is 3.91. The molecule has 2 atom stereocenters. The topological polar surface area (TPSA) is 35.5 Å². The Bertz CT molecular complexity index is 104. The van der Waals surface area contributed by atoms with Gasteiger partial charge in [0.2, 0.25) is 0 Å². The molecule has 0 radical (unpaired) electrons. The molecule has 0 fully saturated rings. The number of hydrogen-bond acceptors (Lipinski definition) is 3. The lowest BCUT2D eigenvalue weighted by molar-refractivity contribution is -0.133. The maximum atomic E-state index is 9.79. The molecule has 0 saturated carbocycles. The molecule has 0 aromatic rings. The van der Waals surface area contributed by atoms with Gasteiger partial charge in [0.15, 0.2) is 0 Å². The Kier molecular flexibility index (Phi) is 5.84. The van der Waals surface area contributed by atoms with Gasteiger partial charge < -0.3 is 9.47 Å². The normalized spacial score (nSPS) is 15.5. The van der Waals surface area contributed by atoms with E-state index in [-0.39, 0.29) is 12.2 Å². The predicted molar refractivity (Wildman–Crippen MR) is 42.3 cm³/mol. The Hall–Kier alpha value is -0.570. The minimum Gasteiger partial charge on any atom is -0.465 e. The average molecular weight is 160 g/mol. The van der Waals surface area contributed by atoms with Gasteiger partial charge in [-0.05, 0) is 20.3 Å². The smallest absolute Gasteiger partial charge is 0.293 e. The van der Waals surface area contributed by atoms with Crippen LogP contribution in [0.4, 0.5) is 0 Å². The summed E-state index contributed by atoms with van der Waals surface area (Å²) in [4.78, 5) is 9.79. The van der Waals surface area contributed by atoms with E-state index in [1.807, 2.05) is 13.8 Å². The molecule has 0 heterocycles. The summed E-state index contributed by atoms with van der Waals surface area (Å²) in [5, 5.41) is 0. The molecular weight excluding hydrogens is 144 g/mol. The third-order valence-corrected chi connectivity index (χ3v) is 1.44. The number of ether oxygens (including phenoxy) is 2. The van der Waals surface area contributed by atoms with E-state index in [0.29, 0.717) is 13.1 Å². The largest absolute Gasteiger partial charge is 0.465 e. The van der Waals surface area contributed by atoms with Crippen LogP contribution < -0.4 is 0 Å². The van der Waals surface area contributed by atoms with Crippen molar-refractivity contribution in [3.8, 4) is 0 Å². The van der Waals surface area contributed by atoms with Crippen LogP contribution in [0.15, 0.2) is 0 Å². The lowest BCUT2D eigenvalue weighted by atomic mass is 10.3. The highest BCUT2D eigenvalue weighted by atomic mass is 16.6. The molecule has 0 aliphatic rings. The van der Waals surface area contributed by atoms with Crippen molar-refractivity contribution in [3.63, 3.8) is 0 Å². The molecule has 0 aromatic heterocycles. The van der Waals surface area contributed by atoms with E-state index in [2.05, 4.69) is 11.7 Å². The molecule has 3 nitrogen and oxygen atoms in total. The molecule has 2 unspecified atom stereocenters. The highest BCUT2D eigenvalue weighted by molar-refractivity contribution is 5.36. The van der Waals surface area contributed by atoms with Crippen LogP contribution in [0.5, 0.6) is 0 Å². The summed E-state index contributed by atoms with van der Waals surface area (Å²) in [6.07, 6.45) is 1.21. The van der Waals surface area contributed by atoms with Crippen LogP contribution >= 0.6 is 0 Å². The van der Waals surface area contributed by atoms with Crippen LogP contribution in [-0.2, 0) is 14.3 Å². The highest BCUT2D eigenvalue weighted by Crippen LogP contribution is 2.01. The Morgan fingerprint density at radius 3 is 2.45 bits per heavy atom. The molecule has 0 bridgehead atoms. The lowest BCUT2D eigenvalue weighted by Crippen LogP contribution is -2.21. The van der Waals surface area contributed by atoms with Gasteiger partial charge in [-0.25, -0.2) is 0 Å². The maximum absolute atomic E-state index is 9.79. The minimum atomic E-state index is -0.00449. The summed E-state index contributed by atoms with van der Waals surface area (Å²) < 4.78 is 9.95. The fraction of sp³-hybridized carbons (Fsp3) is 0.875. The minimum absolute atomic E-state index is 0.00449. The second kappa shape index (κ2) is 6.16. The quantitative estimate of drug-likeness (QED) is 0.550. The third kappa shape index (κ3) is 5.85. The zero-order chi connectivity index (χ0) is 8.69. The zero-order valence-corrected chi connectivity index (χ0v) is 7.37. The van der Waals surface area contributed by atoms with Crippen LogP contribution in [0.25, 0.3) is 0 Å². The monoisotopic (exact) mass is 160 g/mol. The van der Waals surface area contributed by atoms with Crippen LogP contribution in [0, 0.1) is 0 Å². The van der Waals surface area contributed by atoms with Crippen molar-refractivity contribution >= 4 is 6.47 Å². The number of carbonyl (C=O) groups excluding carboxylic acids is 1. The van der Waals surface area contributed by atoms with Gasteiger partial charge >= 0.3 is 0 Å². The van der Waals surface area contributed by atoms with Gasteiger partial charge in [-0.1, -0.05) is 6.92 Å². The molecule has 0 spiro atoms. The van der Waals surface area contributed by atoms with Crippen molar-refractivity contribution in [2.24, 2.45) is 0 Å². The van der Waals surface area contributed by atoms with Gasteiger partial charge in [0, 0.05) is 0 Å². The second-order valence-electron chi connectivity index (χ2n) is 2.60. The summed E-state index contributed by atoms with van der Waals surface area (Å²) in [6, 6.07) is 0. The van der Waals surface area contributed by atoms with Crippen molar-refractivity contribution < 1.29 is 14.3 Å². The first kappa shape index (κ1) is 10.4. The van der Waals surface area contributed by atoms with E-state index in [0.717, 1.165) is 6.42 Å². The molecule has 0 aliphatic heterocycles. The van der Waals surface area contributed by atoms with Crippen molar-refractivity contribution in [1.82, 2.24) is 0 Å². The lowest BCUT2D eigenvalue weighted by Gasteiger charge is -2.16. The summed E-state index contributed by atoms with van der Waals surface area (Å²) in [5.41, 5.74) is 0. The van der Waals surface area contributed by atoms with Gasteiger partial charge in [0.1, 0.15) is 6.61 Å². The van der Waals surface area contributed by atoms with Crippen molar-refractivity contribution in [1.29, 1.82) is 0 Å². The van der Waals surface area contributed by atoms with Gasteiger partial charge in [-0.2, -0.15) is 0 Å². The molecule has 0 aromatic carbocycles. The first-order valence-corrected chi connectivity index (χ1v) is 3.91. The second-order valence-corrected chi connectivity index (χ2v) is 2.60. The Morgan fingerprint density at radius 1 is 1.36 bits per heavy atom. The van der Waals surface area contributed by atoms with Gasteiger partial charge in [0.25, 0.3) is 6.47 Å². The van der Waals surface area contributed by atoms with Crippen LogP contribution in [-0.4, -0.2) is 25.3 Å². The van der Waals surface area contributed by atoms with Crippen molar-refractivity contribution in [3.05, 3.63) is 0 Å². The number of rotatable bonds is 6. The van der Waals surface area contributed by atoms with Gasteiger partial charge in [-0.15, -0.1) is 0 Å². The first-order chi connectivity index (χ1) is 5.20. The van der Waals surface area contributed by atoms with E-state index in [1.54, 1.807) is 0 Å². The summed E-state index contributed by atoms with van der Waals surface area (Å²) in [5.74, 6) is 0. The number of hydrogen-bond donors (Lipinski definition) is 0. The summed E-state index contributed by atoms with van der Waals surface area (Å²) in [7, 11) is 0. The van der Waals surface area contributed by atoms with E-state index in [1.165, 1.54) is 0 Å². The van der Waals surface area contributed by atoms with Crippen molar-refractivity contribution in [2.75, 3.05) is 6.61 Å². The average Bonchev–Trinajstić information content (AvgIpc) is 2.00. The number of carbonyl (C=O) groups is 1. The molecule has 3 heteroatoms. The molecule has 0 saturated heterocycles. The molecule has 0 amide bonds. The van der Waals surface area contributed by atoms with Crippen LogP contribution in [0.2, 0.25) is 0 Å². The summed E-state index contributed by atoms with van der Waals surface area (Å²) in [6.45, 7) is 6.72. The predicted octanol–water partition coefficient (Wildman–Crippen LogP) is 1.36. The zero-order valence-electron chi connectivity index (χ0n) is 7.37. The molecule has 0 N–H and O–H groups in total. The van der Waals surface area contributed by atoms with Gasteiger partial charge in [0.05, 0.1) is 12.2 Å². The van der Waals surface area contributed by atoms with E-state index < -0.39 is 0 Å². The fourth-order valence-electron chi connectivity index (χ4n) is 0.707. The third-order valence-electron chi connectivity index (χ3n) is 1.44. The molecule has 11 heavy (non-hydrogen) atoms. The standard InChI is InChI=1S/C8H16O3/c1-4-7(2)11-8(3)5-10-6-9/h6-8H,4-5H2,1-3H3. The van der Waals surface area contributed by atoms with Crippen LogP contribution in [0.3, 0.4) is 0 Å². The Balaban J connectivity index is 3.34. The van der Waals surface area contributed by atoms with E-state index in [4.69, 9.17) is 4.74 Å². The molecular formula is C8H16O3. The molecule has 0 rings (SSSR count). The van der Waals surface area contributed by atoms with E-state index in [9.17, 15) is 4.79 Å². The van der Waals surface area contributed by atoms with Crippen LogP contribution in [0.1, 0.15) is 27.2 Å². The maximum Gasteiger partial charge on any atom is 0.293 e. The fourth-order valence-corrected chi connectivity index (χ4v) is 0.707. The van der Waals surface area contributed by atoms with Gasteiger partial charge in [-0.3, -0.25) is 4.79 Å². The summed E-state index contributed by atoms with van der Waals surface area (Å²) >= 11 is 0. The van der Waals surface area contributed by atoms with Crippen molar-refractivity contribution in [2.45, 2.75) is 39.4 Å². The Labute approximate surface area is 67.7 Å². The Morgan fingerprint density at radius 2 is 2.00 bits per heavy atom.